The summed E-state index contributed by atoms with van der Waals surface area (Å²) in [6.45, 7) is 0. The van der Waals surface area contributed by atoms with Gasteiger partial charge in [-0.1, -0.05) is 79.9 Å². The highest BCUT2D eigenvalue weighted by atomic mass is 16.4. The van der Waals surface area contributed by atoms with Crippen LogP contribution in [0.25, 0.3) is 0 Å². The Morgan fingerprint density at radius 2 is 1.48 bits per heavy atom. The van der Waals surface area contributed by atoms with Gasteiger partial charge >= 0.3 is 5.97 Å². The van der Waals surface area contributed by atoms with Crippen LogP contribution in [0.3, 0.4) is 0 Å². The Morgan fingerprint density at radius 3 is 2.00 bits per heavy atom. The van der Waals surface area contributed by atoms with Gasteiger partial charge in [-0.25, -0.2) is 0 Å². The average molecular weight is 364 g/mol. The summed E-state index contributed by atoms with van der Waals surface area (Å²) in [5.41, 5.74) is 2.18. The Balaban J connectivity index is 1.56. The zero-order valence-corrected chi connectivity index (χ0v) is 15.8. The number of carboxylic acids is 1. The van der Waals surface area contributed by atoms with E-state index in [1.807, 2.05) is 36.4 Å². The number of carbonyl (C=O) groups is 1. The maximum atomic E-state index is 12.3. The zero-order chi connectivity index (χ0) is 18.6. The van der Waals surface area contributed by atoms with Crippen molar-refractivity contribution in [3.05, 3.63) is 71.8 Å². The molecule has 0 amide bonds. The number of nitrogens with one attached hydrogen (secondary N) is 1. The highest BCUT2D eigenvalue weighted by Gasteiger charge is 2.45. The van der Waals surface area contributed by atoms with Crippen molar-refractivity contribution in [2.45, 2.75) is 56.5 Å². The van der Waals surface area contributed by atoms with Crippen molar-refractivity contribution in [2.24, 2.45) is 11.8 Å². The minimum absolute atomic E-state index is 0.112. The largest absolute Gasteiger partial charge is 0.481 e. The minimum atomic E-state index is -0.691. The lowest BCUT2D eigenvalue weighted by Gasteiger charge is -2.26. The van der Waals surface area contributed by atoms with Crippen LogP contribution in [-0.4, -0.2) is 23.2 Å². The lowest BCUT2D eigenvalue weighted by atomic mass is 9.77. The van der Waals surface area contributed by atoms with Gasteiger partial charge in [0.15, 0.2) is 0 Å². The number of benzene rings is 2. The van der Waals surface area contributed by atoms with E-state index in [2.05, 4.69) is 29.6 Å². The molecular weight excluding hydrogens is 334 g/mol. The van der Waals surface area contributed by atoms with Gasteiger partial charge in [-0.15, -0.1) is 0 Å². The van der Waals surface area contributed by atoms with Crippen molar-refractivity contribution in [3.63, 3.8) is 0 Å². The Kier molecular flexibility index (Phi) is 5.58. The molecule has 2 aliphatic rings. The van der Waals surface area contributed by atoms with Gasteiger partial charge in [0.2, 0.25) is 0 Å². The molecule has 2 aromatic carbocycles. The van der Waals surface area contributed by atoms with Gasteiger partial charge in [0.25, 0.3) is 0 Å². The second-order valence-corrected chi connectivity index (χ2v) is 8.18. The highest BCUT2D eigenvalue weighted by molar-refractivity contribution is 5.72. The van der Waals surface area contributed by atoms with Crippen LogP contribution in [-0.2, 0) is 4.79 Å². The predicted molar refractivity (Wildman–Crippen MR) is 108 cm³/mol. The topological polar surface area (TPSA) is 59.2 Å². The lowest BCUT2D eigenvalue weighted by molar-refractivity contribution is -0.142. The summed E-state index contributed by atoms with van der Waals surface area (Å²) in [5, 5.41) is 13.7. The molecule has 1 heterocycles. The van der Waals surface area contributed by atoms with Crippen LogP contribution >= 0.6 is 0 Å². The Morgan fingerprint density at radius 1 is 0.926 bits per heavy atom. The van der Waals surface area contributed by atoms with Crippen LogP contribution in [0.5, 0.6) is 0 Å². The summed E-state index contributed by atoms with van der Waals surface area (Å²) in [6, 6.07) is 21.1. The standard InChI is InChI=1S/C24H29NO2/c26-24(27)20(16-21-23(25-21)19-14-8-3-9-15-19)22(17-10-4-1-5-11-17)18-12-6-2-7-13-18/h1-2,4-7,10-13,19-23,25H,3,8-9,14-16H2,(H,26,27)/t20?,21-,23-/m1/s1. The van der Waals surface area contributed by atoms with E-state index in [1.165, 1.54) is 32.1 Å². The fourth-order valence-corrected chi connectivity index (χ4v) is 5.00. The molecule has 0 bridgehead atoms. The number of rotatable bonds is 7. The third-order valence-corrected chi connectivity index (χ3v) is 6.43. The zero-order valence-electron chi connectivity index (χ0n) is 15.8. The first-order valence-electron chi connectivity index (χ1n) is 10.3. The molecule has 1 saturated heterocycles. The van der Waals surface area contributed by atoms with Crippen LogP contribution < -0.4 is 5.32 Å². The van der Waals surface area contributed by atoms with Gasteiger partial charge in [-0.05, 0) is 36.3 Å². The van der Waals surface area contributed by atoms with Crippen LogP contribution in [0.1, 0.15) is 55.6 Å². The van der Waals surface area contributed by atoms with E-state index in [1.54, 1.807) is 0 Å². The van der Waals surface area contributed by atoms with Gasteiger partial charge in [0.05, 0.1) is 5.92 Å². The lowest BCUT2D eigenvalue weighted by Crippen LogP contribution is -2.26. The summed E-state index contributed by atoms with van der Waals surface area (Å²) < 4.78 is 0. The molecule has 3 heteroatoms. The molecule has 2 N–H and O–H groups in total. The molecule has 4 rings (SSSR count). The van der Waals surface area contributed by atoms with E-state index < -0.39 is 11.9 Å². The molecule has 1 saturated carbocycles. The molecule has 142 valence electrons. The molecule has 1 aliphatic heterocycles. The molecular formula is C24H29NO2. The summed E-state index contributed by atoms with van der Waals surface area (Å²) >= 11 is 0. The Bertz CT molecular complexity index is 700. The molecule has 2 fully saturated rings. The van der Waals surface area contributed by atoms with Crippen molar-refractivity contribution in [1.82, 2.24) is 5.32 Å². The van der Waals surface area contributed by atoms with E-state index in [4.69, 9.17) is 0 Å². The minimum Gasteiger partial charge on any atom is -0.481 e. The summed E-state index contributed by atoms with van der Waals surface area (Å²) in [4.78, 5) is 12.3. The first kappa shape index (κ1) is 18.2. The quantitative estimate of drug-likeness (QED) is 0.693. The maximum absolute atomic E-state index is 12.3. The summed E-state index contributed by atoms with van der Waals surface area (Å²) in [5.74, 6) is -0.478. The van der Waals surface area contributed by atoms with Crippen LogP contribution in [0.2, 0.25) is 0 Å². The monoisotopic (exact) mass is 363 g/mol. The van der Waals surface area contributed by atoms with E-state index in [0.29, 0.717) is 18.5 Å². The number of hydrogen-bond acceptors (Lipinski definition) is 2. The van der Waals surface area contributed by atoms with Crippen LogP contribution in [0.4, 0.5) is 0 Å². The second kappa shape index (κ2) is 8.26. The summed E-state index contributed by atoms with van der Waals surface area (Å²) in [7, 11) is 0. The van der Waals surface area contributed by atoms with E-state index >= 15 is 0 Å². The molecule has 0 radical (unpaired) electrons. The molecule has 0 aromatic heterocycles. The molecule has 1 aliphatic carbocycles. The van der Waals surface area contributed by atoms with Gasteiger partial charge in [-0.2, -0.15) is 0 Å². The van der Waals surface area contributed by atoms with Gasteiger partial charge in [-0.3, -0.25) is 4.79 Å². The fraction of sp³-hybridized carbons (Fsp3) is 0.458. The van der Waals surface area contributed by atoms with Crippen molar-refractivity contribution >= 4 is 5.97 Å². The van der Waals surface area contributed by atoms with Crippen molar-refractivity contribution in [2.75, 3.05) is 0 Å². The molecule has 1 unspecified atom stereocenters. The third kappa shape index (κ3) is 4.24. The molecule has 3 atom stereocenters. The normalized spacial score (nSPS) is 23.9. The first-order chi connectivity index (χ1) is 13.2. The molecule has 0 spiro atoms. The van der Waals surface area contributed by atoms with E-state index in [-0.39, 0.29) is 5.92 Å². The Labute approximate surface area is 161 Å². The highest BCUT2D eigenvalue weighted by Crippen LogP contribution is 2.40. The number of hydrogen-bond donors (Lipinski definition) is 2. The second-order valence-electron chi connectivity index (χ2n) is 8.18. The van der Waals surface area contributed by atoms with Crippen LogP contribution in [0.15, 0.2) is 60.7 Å². The van der Waals surface area contributed by atoms with Gasteiger partial charge in [0.1, 0.15) is 0 Å². The van der Waals surface area contributed by atoms with Crippen molar-refractivity contribution in [3.8, 4) is 0 Å². The van der Waals surface area contributed by atoms with Crippen molar-refractivity contribution < 1.29 is 9.90 Å². The predicted octanol–water partition coefficient (Wildman–Crippen LogP) is 4.83. The molecule has 27 heavy (non-hydrogen) atoms. The first-order valence-corrected chi connectivity index (χ1v) is 10.3. The van der Waals surface area contributed by atoms with E-state index in [0.717, 1.165) is 17.0 Å². The number of aliphatic carboxylic acids is 1. The molecule has 2 aromatic rings. The number of carboxylic acid groups (broad SMARTS) is 1. The van der Waals surface area contributed by atoms with Gasteiger partial charge < -0.3 is 10.4 Å². The fourth-order valence-electron chi connectivity index (χ4n) is 5.00. The third-order valence-electron chi connectivity index (χ3n) is 6.43. The van der Waals surface area contributed by atoms with E-state index in [9.17, 15) is 9.90 Å². The average Bonchev–Trinajstić information content (AvgIpc) is 3.49. The maximum Gasteiger partial charge on any atom is 0.307 e. The van der Waals surface area contributed by atoms with Crippen molar-refractivity contribution in [1.29, 1.82) is 0 Å². The van der Waals surface area contributed by atoms with Gasteiger partial charge in [0, 0.05) is 18.0 Å². The molecule has 3 nitrogen and oxygen atoms in total. The SMILES string of the molecule is O=C(O)C(C[C@H]1N[C@@H]1C1CCCCC1)C(c1ccccc1)c1ccccc1. The smallest absolute Gasteiger partial charge is 0.307 e. The van der Waals surface area contributed by atoms with Crippen LogP contribution in [0, 0.1) is 11.8 Å². The summed E-state index contributed by atoms with van der Waals surface area (Å²) in [6.07, 6.45) is 7.31. The Hall–Kier alpha value is -2.13.